The Labute approximate surface area is 201 Å². The molecule has 0 bridgehead atoms. The fourth-order valence-electron chi connectivity index (χ4n) is 2.98. The number of nitrogens with zero attached hydrogens (tertiary/aromatic N) is 3. The molecule has 0 unspecified atom stereocenters. The van der Waals surface area contributed by atoms with Gasteiger partial charge in [-0.2, -0.15) is 0 Å². The molecule has 0 fully saturated rings. The fraction of sp³-hybridized carbons (Fsp3) is 0.261. The van der Waals surface area contributed by atoms with Crippen LogP contribution >= 0.6 is 23.4 Å². The van der Waals surface area contributed by atoms with Crippen LogP contribution in [0.4, 0.5) is 5.69 Å². The van der Waals surface area contributed by atoms with E-state index in [4.69, 9.17) is 25.8 Å². The van der Waals surface area contributed by atoms with Gasteiger partial charge in [0.2, 0.25) is 5.91 Å². The SMILES string of the molecule is C=CCn1c(COc2ccccc2C)nnc1SCC(=O)Nc1cc(OC)c(Cl)cc1OC. The molecular weight excluding hydrogens is 464 g/mol. The maximum Gasteiger partial charge on any atom is 0.234 e. The summed E-state index contributed by atoms with van der Waals surface area (Å²) in [5.41, 5.74) is 1.50. The standard InChI is InChI=1S/C23H25ClN4O4S/c1-5-10-28-21(13-32-18-9-7-6-8-15(18)2)26-27-23(28)33-14-22(29)25-17-12-19(30-3)16(24)11-20(17)31-4/h5-9,11-12H,1,10,13-14H2,2-4H3,(H,25,29). The van der Waals surface area contributed by atoms with Crippen LogP contribution in [0.1, 0.15) is 11.4 Å². The Balaban J connectivity index is 1.67. The Morgan fingerprint density at radius 3 is 2.64 bits per heavy atom. The van der Waals surface area contributed by atoms with Crippen molar-refractivity contribution < 1.29 is 19.0 Å². The number of rotatable bonds is 11. The second-order valence-electron chi connectivity index (χ2n) is 6.88. The lowest BCUT2D eigenvalue weighted by Gasteiger charge is -2.13. The number of hydrogen-bond donors (Lipinski definition) is 1. The molecule has 10 heteroatoms. The van der Waals surface area contributed by atoms with Crippen molar-refractivity contribution in [1.82, 2.24) is 14.8 Å². The Bertz CT molecular complexity index is 1140. The van der Waals surface area contributed by atoms with Gasteiger partial charge in [0.1, 0.15) is 23.9 Å². The van der Waals surface area contributed by atoms with Crippen LogP contribution < -0.4 is 19.5 Å². The van der Waals surface area contributed by atoms with Crippen LogP contribution in [0.2, 0.25) is 5.02 Å². The fourth-order valence-corrected chi connectivity index (χ4v) is 3.98. The van der Waals surface area contributed by atoms with E-state index in [9.17, 15) is 4.79 Å². The molecule has 0 saturated carbocycles. The summed E-state index contributed by atoms with van der Waals surface area (Å²) in [5.74, 6) is 2.17. The minimum absolute atomic E-state index is 0.113. The average molecular weight is 489 g/mol. The highest BCUT2D eigenvalue weighted by molar-refractivity contribution is 7.99. The summed E-state index contributed by atoms with van der Waals surface area (Å²) in [6.45, 7) is 6.52. The van der Waals surface area contributed by atoms with Crippen molar-refractivity contribution in [3.63, 3.8) is 0 Å². The molecular formula is C23H25ClN4O4S. The lowest BCUT2D eigenvalue weighted by molar-refractivity contribution is -0.113. The number of carbonyl (C=O) groups is 1. The zero-order chi connectivity index (χ0) is 23.8. The number of para-hydroxylation sites is 1. The monoisotopic (exact) mass is 488 g/mol. The van der Waals surface area contributed by atoms with E-state index >= 15 is 0 Å². The highest BCUT2D eigenvalue weighted by Gasteiger charge is 2.16. The molecule has 0 spiro atoms. The Morgan fingerprint density at radius 2 is 1.94 bits per heavy atom. The zero-order valence-corrected chi connectivity index (χ0v) is 20.2. The first-order chi connectivity index (χ1) is 16.0. The summed E-state index contributed by atoms with van der Waals surface area (Å²) in [7, 11) is 3.00. The van der Waals surface area contributed by atoms with Crippen molar-refractivity contribution in [3.8, 4) is 17.2 Å². The van der Waals surface area contributed by atoms with E-state index in [1.165, 1.54) is 26.0 Å². The Kier molecular flexibility index (Phi) is 8.62. The molecule has 174 valence electrons. The average Bonchev–Trinajstić information content (AvgIpc) is 3.19. The van der Waals surface area contributed by atoms with E-state index in [-0.39, 0.29) is 18.3 Å². The molecule has 1 heterocycles. The molecule has 0 saturated heterocycles. The zero-order valence-electron chi connectivity index (χ0n) is 18.6. The summed E-state index contributed by atoms with van der Waals surface area (Å²) in [6, 6.07) is 11.0. The molecule has 0 radical (unpaired) electrons. The first kappa shape index (κ1) is 24.5. The molecule has 1 amide bonds. The molecule has 2 aromatic carbocycles. The number of amides is 1. The number of nitrogens with one attached hydrogen (secondary N) is 1. The lowest BCUT2D eigenvalue weighted by Crippen LogP contribution is -2.15. The molecule has 1 aromatic heterocycles. The number of carbonyl (C=O) groups excluding carboxylic acids is 1. The van der Waals surface area contributed by atoms with Crippen molar-refractivity contribution in [2.75, 3.05) is 25.3 Å². The number of methoxy groups -OCH3 is 2. The number of aryl methyl sites for hydroxylation is 1. The predicted molar refractivity (Wildman–Crippen MR) is 130 cm³/mol. The minimum atomic E-state index is -0.242. The van der Waals surface area contributed by atoms with Crippen molar-refractivity contribution in [3.05, 3.63) is 65.5 Å². The number of anilines is 1. The first-order valence-electron chi connectivity index (χ1n) is 10.0. The van der Waals surface area contributed by atoms with Gasteiger partial charge in [-0.1, -0.05) is 47.6 Å². The third-order valence-electron chi connectivity index (χ3n) is 4.64. The van der Waals surface area contributed by atoms with Gasteiger partial charge in [0.15, 0.2) is 11.0 Å². The van der Waals surface area contributed by atoms with E-state index in [1.807, 2.05) is 35.8 Å². The van der Waals surface area contributed by atoms with E-state index in [0.717, 1.165) is 11.3 Å². The van der Waals surface area contributed by atoms with Crippen LogP contribution in [-0.4, -0.2) is 40.6 Å². The molecule has 1 N–H and O–H groups in total. The van der Waals surface area contributed by atoms with Crippen molar-refractivity contribution in [1.29, 1.82) is 0 Å². The maximum absolute atomic E-state index is 12.6. The number of thioether (sulfide) groups is 1. The quantitative estimate of drug-likeness (QED) is 0.307. The summed E-state index contributed by atoms with van der Waals surface area (Å²) in [4.78, 5) is 12.6. The Morgan fingerprint density at radius 1 is 1.18 bits per heavy atom. The second kappa shape index (κ2) is 11.6. The molecule has 0 aliphatic carbocycles. The van der Waals surface area contributed by atoms with Gasteiger partial charge in [-0.25, -0.2) is 0 Å². The maximum atomic E-state index is 12.6. The third-order valence-corrected chi connectivity index (χ3v) is 5.90. The molecule has 0 aliphatic heterocycles. The van der Waals surface area contributed by atoms with E-state index in [0.29, 0.717) is 39.7 Å². The van der Waals surface area contributed by atoms with Crippen molar-refractivity contribution >= 4 is 35.0 Å². The second-order valence-corrected chi connectivity index (χ2v) is 8.23. The van der Waals surface area contributed by atoms with Crippen LogP contribution in [0.5, 0.6) is 17.2 Å². The number of benzene rings is 2. The smallest absolute Gasteiger partial charge is 0.234 e. The minimum Gasteiger partial charge on any atom is -0.495 e. The number of allylic oxidation sites excluding steroid dienone is 1. The van der Waals surface area contributed by atoms with Gasteiger partial charge in [0.25, 0.3) is 0 Å². The summed E-state index contributed by atoms with van der Waals surface area (Å²) >= 11 is 7.39. The number of hydrogen-bond acceptors (Lipinski definition) is 7. The van der Waals surface area contributed by atoms with Gasteiger partial charge in [-0.3, -0.25) is 9.36 Å². The van der Waals surface area contributed by atoms with Crippen LogP contribution in [0.25, 0.3) is 0 Å². The van der Waals surface area contributed by atoms with Crippen LogP contribution in [0, 0.1) is 6.92 Å². The molecule has 0 atom stereocenters. The van der Waals surface area contributed by atoms with Gasteiger partial charge in [-0.15, -0.1) is 16.8 Å². The van der Waals surface area contributed by atoms with Gasteiger partial charge >= 0.3 is 0 Å². The van der Waals surface area contributed by atoms with Gasteiger partial charge < -0.3 is 19.5 Å². The highest BCUT2D eigenvalue weighted by Crippen LogP contribution is 2.36. The first-order valence-corrected chi connectivity index (χ1v) is 11.4. The van der Waals surface area contributed by atoms with Crippen molar-refractivity contribution in [2.24, 2.45) is 0 Å². The Hall–Kier alpha value is -3.17. The topological polar surface area (TPSA) is 87.5 Å². The highest BCUT2D eigenvalue weighted by atomic mass is 35.5. The van der Waals surface area contributed by atoms with Crippen LogP contribution in [0.15, 0.2) is 54.2 Å². The summed E-state index contributed by atoms with van der Waals surface area (Å²) in [5, 5.41) is 12.3. The normalized spacial score (nSPS) is 10.5. The third kappa shape index (κ3) is 6.21. The van der Waals surface area contributed by atoms with Gasteiger partial charge in [0, 0.05) is 18.7 Å². The van der Waals surface area contributed by atoms with E-state index in [1.54, 1.807) is 18.2 Å². The molecule has 3 aromatic rings. The molecule has 8 nitrogen and oxygen atoms in total. The predicted octanol–water partition coefficient (Wildman–Crippen LogP) is 4.75. The van der Waals surface area contributed by atoms with Crippen molar-refractivity contribution in [2.45, 2.75) is 25.2 Å². The van der Waals surface area contributed by atoms with Gasteiger partial charge in [-0.05, 0) is 18.6 Å². The number of aromatic nitrogens is 3. The lowest BCUT2D eigenvalue weighted by atomic mass is 10.2. The summed E-state index contributed by atoms with van der Waals surface area (Å²) < 4.78 is 18.3. The molecule has 33 heavy (non-hydrogen) atoms. The van der Waals surface area contributed by atoms with Crippen LogP contribution in [0.3, 0.4) is 0 Å². The number of ether oxygens (including phenoxy) is 3. The van der Waals surface area contributed by atoms with E-state index < -0.39 is 0 Å². The van der Waals surface area contributed by atoms with Gasteiger partial charge in [0.05, 0.1) is 30.7 Å². The largest absolute Gasteiger partial charge is 0.495 e. The molecule has 0 aliphatic rings. The number of halogens is 1. The van der Waals surface area contributed by atoms with E-state index in [2.05, 4.69) is 22.1 Å². The van der Waals surface area contributed by atoms with Crippen LogP contribution in [-0.2, 0) is 17.9 Å². The molecule has 3 rings (SSSR count). The summed E-state index contributed by atoms with van der Waals surface area (Å²) in [6.07, 6.45) is 1.75.